The standard InChI is InChI=1S/C36H45N3O4S2/c1-4-6-17-36(18-7-5-2)24-39(29-14-9-8-10-15-29)32-22-33(44-3)27(20-34(32)45(42,43)25-36)23-37-31(35(40)41)21-28-19-26-13-11-12-16-30(26)38-28/h8-16,19-20,22,31,37-38H,4-7,17-18,21,23-25H2,1-3H3,(H,40,41)/t31-/m1/s1. The van der Waals surface area contributed by atoms with Crippen LogP contribution in [0.5, 0.6) is 0 Å². The van der Waals surface area contributed by atoms with Crippen LogP contribution in [0.15, 0.2) is 82.6 Å². The number of hydrogen-bond donors (Lipinski definition) is 3. The topological polar surface area (TPSA) is 102 Å². The smallest absolute Gasteiger partial charge is 0.321 e. The highest BCUT2D eigenvalue weighted by molar-refractivity contribution is 7.98. The first-order valence-corrected chi connectivity index (χ1v) is 18.9. The summed E-state index contributed by atoms with van der Waals surface area (Å²) in [6, 6.07) is 22.9. The Balaban J connectivity index is 1.52. The van der Waals surface area contributed by atoms with Crippen LogP contribution in [0.2, 0.25) is 0 Å². The van der Waals surface area contributed by atoms with Crippen LogP contribution in [-0.4, -0.2) is 49.1 Å². The average molecular weight is 648 g/mol. The third-order valence-electron chi connectivity index (χ3n) is 9.01. The number of carbonyl (C=O) groups is 1. The van der Waals surface area contributed by atoms with Gasteiger partial charge in [-0.15, -0.1) is 11.8 Å². The quantitative estimate of drug-likeness (QED) is 0.119. The molecule has 1 aromatic heterocycles. The first-order valence-electron chi connectivity index (χ1n) is 16.0. The second-order valence-corrected chi connectivity index (χ2v) is 15.2. The van der Waals surface area contributed by atoms with Crippen molar-refractivity contribution >= 4 is 49.8 Å². The summed E-state index contributed by atoms with van der Waals surface area (Å²) in [6.45, 7) is 5.20. The SMILES string of the molecule is CCCCC1(CCCC)CN(c2ccccc2)c2cc(SC)c(CN[C@H](Cc3cc4ccccc4[nH]3)C(=O)O)cc2S(=O)(=O)C1. The molecule has 0 saturated heterocycles. The van der Waals surface area contributed by atoms with Gasteiger partial charge < -0.3 is 15.0 Å². The minimum atomic E-state index is -3.65. The number of rotatable bonds is 14. The number of nitrogens with one attached hydrogen (secondary N) is 2. The second kappa shape index (κ2) is 14.4. The van der Waals surface area contributed by atoms with Crippen molar-refractivity contribution in [1.29, 1.82) is 0 Å². The number of unbranched alkanes of at least 4 members (excludes halogenated alkanes) is 2. The molecule has 0 bridgehead atoms. The molecule has 0 spiro atoms. The summed E-state index contributed by atoms with van der Waals surface area (Å²) in [5.74, 6) is -0.839. The molecule has 0 amide bonds. The summed E-state index contributed by atoms with van der Waals surface area (Å²) in [5.41, 5.74) is 3.91. The largest absolute Gasteiger partial charge is 0.480 e. The molecular weight excluding hydrogens is 603 g/mol. The lowest BCUT2D eigenvalue weighted by atomic mass is 9.79. The first-order chi connectivity index (χ1) is 21.7. The van der Waals surface area contributed by atoms with E-state index in [2.05, 4.69) is 41.2 Å². The zero-order valence-corrected chi connectivity index (χ0v) is 28.1. The van der Waals surface area contributed by atoms with Crippen LogP contribution < -0.4 is 10.2 Å². The van der Waals surface area contributed by atoms with E-state index in [1.807, 2.05) is 60.9 Å². The van der Waals surface area contributed by atoms with Crippen molar-refractivity contribution in [3.8, 4) is 0 Å². The summed E-state index contributed by atoms with van der Waals surface area (Å²) in [7, 11) is -3.65. The summed E-state index contributed by atoms with van der Waals surface area (Å²) in [6.07, 6.45) is 7.97. The van der Waals surface area contributed by atoms with Crippen LogP contribution in [0.3, 0.4) is 0 Å². The number of thioether (sulfide) groups is 1. The number of para-hydroxylation sites is 2. The Bertz CT molecular complexity index is 1680. The average Bonchev–Trinajstić information content (AvgIpc) is 3.42. The maximum Gasteiger partial charge on any atom is 0.321 e. The van der Waals surface area contributed by atoms with Crippen LogP contribution in [0, 0.1) is 5.41 Å². The molecule has 7 nitrogen and oxygen atoms in total. The van der Waals surface area contributed by atoms with Gasteiger partial charge in [0, 0.05) is 46.7 Å². The van der Waals surface area contributed by atoms with E-state index in [1.165, 1.54) is 0 Å². The Morgan fingerprint density at radius 2 is 1.71 bits per heavy atom. The number of hydrogen-bond acceptors (Lipinski definition) is 6. The number of anilines is 2. The molecular formula is C36H45N3O4S2. The summed E-state index contributed by atoms with van der Waals surface area (Å²) in [5, 5.41) is 14.4. The van der Waals surface area contributed by atoms with E-state index in [4.69, 9.17) is 0 Å². The highest BCUT2D eigenvalue weighted by Gasteiger charge is 2.42. The number of aromatic nitrogens is 1. The summed E-state index contributed by atoms with van der Waals surface area (Å²) in [4.78, 5) is 19.1. The summed E-state index contributed by atoms with van der Waals surface area (Å²) >= 11 is 1.55. The van der Waals surface area contributed by atoms with E-state index < -0.39 is 21.8 Å². The summed E-state index contributed by atoms with van der Waals surface area (Å²) < 4.78 is 28.8. The Labute approximate surface area is 271 Å². The minimum absolute atomic E-state index is 0.111. The fourth-order valence-electron chi connectivity index (χ4n) is 6.64. The van der Waals surface area contributed by atoms with Crippen LogP contribution in [0.25, 0.3) is 10.9 Å². The monoisotopic (exact) mass is 647 g/mol. The van der Waals surface area contributed by atoms with Gasteiger partial charge in [-0.05, 0) is 66.4 Å². The molecule has 1 aliphatic heterocycles. The van der Waals surface area contributed by atoms with Crippen molar-refractivity contribution in [2.24, 2.45) is 5.41 Å². The van der Waals surface area contributed by atoms with E-state index in [9.17, 15) is 18.3 Å². The molecule has 240 valence electrons. The second-order valence-electron chi connectivity index (χ2n) is 12.4. The molecule has 0 aliphatic carbocycles. The van der Waals surface area contributed by atoms with Gasteiger partial charge >= 0.3 is 5.97 Å². The number of sulfone groups is 1. The zero-order valence-electron chi connectivity index (χ0n) is 26.5. The molecule has 3 N–H and O–H groups in total. The number of carboxylic acids is 1. The van der Waals surface area contributed by atoms with Gasteiger partial charge in [0.2, 0.25) is 0 Å². The third-order valence-corrected chi connectivity index (χ3v) is 11.8. The number of fused-ring (bicyclic) bond motifs is 2. The van der Waals surface area contributed by atoms with Gasteiger partial charge in [-0.25, -0.2) is 8.42 Å². The van der Waals surface area contributed by atoms with Crippen LogP contribution in [-0.2, 0) is 27.6 Å². The molecule has 45 heavy (non-hydrogen) atoms. The van der Waals surface area contributed by atoms with Gasteiger partial charge in [-0.1, -0.05) is 75.9 Å². The van der Waals surface area contributed by atoms with Crippen LogP contribution in [0.1, 0.15) is 63.6 Å². The molecule has 3 aromatic carbocycles. The number of nitrogens with zero attached hydrogens (tertiary/aromatic N) is 1. The van der Waals surface area contributed by atoms with Crippen molar-refractivity contribution in [2.45, 2.75) is 81.2 Å². The van der Waals surface area contributed by atoms with E-state index in [0.29, 0.717) is 17.1 Å². The van der Waals surface area contributed by atoms with Crippen LogP contribution in [0.4, 0.5) is 11.4 Å². The number of benzene rings is 3. The van der Waals surface area contributed by atoms with E-state index in [-0.39, 0.29) is 24.1 Å². The molecule has 0 radical (unpaired) electrons. The maximum atomic E-state index is 14.4. The van der Waals surface area contributed by atoms with Gasteiger partial charge in [-0.2, -0.15) is 0 Å². The third kappa shape index (κ3) is 7.59. The minimum Gasteiger partial charge on any atom is -0.480 e. The number of aliphatic carboxylic acids is 1. The van der Waals surface area contributed by atoms with Gasteiger partial charge in [0.05, 0.1) is 16.3 Å². The molecule has 5 rings (SSSR count). The van der Waals surface area contributed by atoms with Crippen molar-refractivity contribution in [3.05, 3.63) is 84.1 Å². The highest BCUT2D eigenvalue weighted by atomic mass is 32.2. The lowest BCUT2D eigenvalue weighted by Crippen LogP contribution is -2.38. The highest BCUT2D eigenvalue weighted by Crippen LogP contribution is 2.46. The predicted octanol–water partition coefficient (Wildman–Crippen LogP) is 7.97. The zero-order chi connectivity index (χ0) is 32.0. The molecule has 1 aliphatic rings. The number of carboxylic acid groups (broad SMARTS) is 1. The van der Waals surface area contributed by atoms with E-state index >= 15 is 0 Å². The van der Waals surface area contributed by atoms with Gasteiger partial charge in [-0.3, -0.25) is 10.1 Å². The van der Waals surface area contributed by atoms with Gasteiger partial charge in [0.25, 0.3) is 0 Å². The first kappa shape index (κ1) is 33.1. The Morgan fingerprint density at radius 3 is 2.36 bits per heavy atom. The maximum absolute atomic E-state index is 14.4. The Morgan fingerprint density at radius 1 is 1.02 bits per heavy atom. The Hall–Kier alpha value is -3.27. The van der Waals surface area contributed by atoms with Crippen molar-refractivity contribution in [1.82, 2.24) is 10.3 Å². The molecule has 0 unspecified atom stereocenters. The normalized spacial score (nSPS) is 16.3. The fraction of sp³-hybridized carbons (Fsp3) is 0.417. The van der Waals surface area contributed by atoms with Crippen molar-refractivity contribution < 1.29 is 18.3 Å². The lowest BCUT2D eigenvalue weighted by Gasteiger charge is -2.37. The molecule has 1 atom stereocenters. The number of aromatic amines is 1. The van der Waals surface area contributed by atoms with Crippen molar-refractivity contribution in [2.75, 3.05) is 23.5 Å². The molecule has 4 aromatic rings. The van der Waals surface area contributed by atoms with E-state index in [0.717, 1.165) is 71.3 Å². The van der Waals surface area contributed by atoms with Gasteiger partial charge in [0.15, 0.2) is 9.84 Å². The molecule has 0 saturated carbocycles. The molecule has 9 heteroatoms. The lowest BCUT2D eigenvalue weighted by molar-refractivity contribution is -0.139. The molecule has 2 heterocycles. The fourth-order valence-corrected chi connectivity index (χ4v) is 9.41. The predicted molar refractivity (Wildman–Crippen MR) is 185 cm³/mol. The van der Waals surface area contributed by atoms with Crippen molar-refractivity contribution in [3.63, 3.8) is 0 Å². The van der Waals surface area contributed by atoms with Gasteiger partial charge in [0.1, 0.15) is 6.04 Å². The Kier molecular flexibility index (Phi) is 10.6. The van der Waals surface area contributed by atoms with E-state index in [1.54, 1.807) is 17.8 Å². The number of H-pyrrole nitrogens is 1. The van der Waals surface area contributed by atoms with Crippen LogP contribution >= 0.6 is 11.8 Å². The molecule has 0 fully saturated rings.